The number of aryl methyl sites for hydroxylation is 1. The molecule has 0 amide bonds. The Morgan fingerprint density at radius 2 is 1.61 bits per heavy atom. The van der Waals surface area contributed by atoms with Crippen molar-refractivity contribution in [3.63, 3.8) is 0 Å². The number of hydrogen-bond donors (Lipinski definition) is 0. The molecule has 0 radical (unpaired) electrons. The summed E-state index contributed by atoms with van der Waals surface area (Å²) >= 11 is 0. The highest BCUT2D eigenvalue weighted by Gasteiger charge is 2.62. The zero-order valence-electron chi connectivity index (χ0n) is 17.0. The Morgan fingerprint density at radius 1 is 0.964 bits per heavy atom. The molecular formula is C25H28N2O. The van der Waals surface area contributed by atoms with Gasteiger partial charge in [-0.15, -0.1) is 0 Å². The molecule has 1 fully saturated rings. The molecule has 0 spiro atoms. The lowest BCUT2D eigenvalue weighted by atomic mass is 9.70. The Hall–Kier alpha value is -2.55. The van der Waals surface area contributed by atoms with Crippen molar-refractivity contribution in [1.29, 1.82) is 0 Å². The van der Waals surface area contributed by atoms with Gasteiger partial charge in [0.25, 0.3) is 5.56 Å². The van der Waals surface area contributed by atoms with Gasteiger partial charge < -0.3 is 0 Å². The second-order valence-corrected chi connectivity index (χ2v) is 9.22. The minimum Gasteiger partial charge on any atom is -0.281 e. The molecule has 2 bridgehead atoms. The molecule has 5 rings (SSSR count). The third-order valence-corrected chi connectivity index (χ3v) is 7.73. The van der Waals surface area contributed by atoms with Crippen molar-refractivity contribution < 1.29 is 0 Å². The maximum atomic E-state index is 13.7. The molecule has 1 heterocycles. The van der Waals surface area contributed by atoms with Crippen LogP contribution in [0.25, 0.3) is 5.69 Å². The van der Waals surface area contributed by atoms with Gasteiger partial charge in [-0.1, -0.05) is 69.3 Å². The summed E-state index contributed by atoms with van der Waals surface area (Å²) in [5.41, 5.74) is 5.04. The quantitative estimate of drug-likeness (QED) is 0.629. The number of para-hydroxylation sites is 1. The Labute approximate surface area is 166 Å². The van der Waals surface area contributed by atoms with Crippen molar-refractivity contribution in [3.05, 3.63) is 87.8 Å². The molecule has 2 aromatic carbocycles. The van der Waals surface area contributed by atoms with Gasteiger partial charge in [0.2, 0.25) is 0 Å². The van der Waals surface area contributed by atoms with Crippen LogP contribution in [0, 0.1) is 5.41 Å². The molecule has 0 N–H and O–H groups in total. The molecule has 144 valence electrons. The highest BCUT2D eigenvalue weighted by molar-refractivity contribution is 5.47. The van der Waals surface area contributed by atoms with Crippen molar-refractivity contribution in [2.45, 2.75) is 57.9 Å². The van der Waals surface area contributed by atoms with Crippen molar-refractivity contribution in [2.75, 3.05) is 0 Å². The zero-order valence-corrected chi connectivity index (χ0v) is 17.0. The number of hydrogen-bond acceptors (Lipinski definition) is 1. The van der Waals surface area contributed by atoms with E-state index >= 15 is 0 Å². The molecule has 1 saturated carbocycles. The van der Waals surface area contributed by atoms with Gasteiger partial charge in [0, 0.05) is 17.5 Å². The Balaban J connectivity index is 1.70. The number of fused-ring (bicyclic) bond motifs is 5. The molecule has 1 aromatic heterocycles. The van der Waals surface area contributed by atoms with Crippen molar-refractivity contribution >= 4 is 0 Å². The first-order valence-corrected chi connectivity index (χ1v) is 10.4. The normalized spacial score (nSPS) is 24.5. The van der Waals surface area contributed by atoms with E-state index in [4.69, 9.17) is 0 Å². The van der Waals surface area contributed by atoms with Crippen molar-refractivity contribution in [2.24, 2.45) is 5.41 Å². The van der Waals surface area contributed by atoms with E-state index in [1.165, 1.54) is 17.7 Å². The van der Waals surface area contributed by atoms with E-state index in [1.54, 1.807) is 0 Å². The fourth-order valence-corrected chi connectivity index (χ4v) is 5.81. The molecule has 0 saturated heterocycles. The molecule has 2 aliphatic carbocycles. The lowest BCUT2D eigenvalue weighted by molar-refractivity contribution is 0.215. The van der Waals surface area contributed by atoms with Gasteiger partial charge >= 0.3 is 0 Å². The molecule has 3 nitrogen and oxygen atoms in total. The summed E-state index contributed by atoms with van der Waals surface area (Å²) in [5, 5.41) is 0. The topological polar surface area (TPSA) is 26.9 Å². The summed E-state index contributed by atoms with van der Waals surface area (Å²) in [7, 11) is 0. The van der Waals surface area contributed by atoms with Gasteiger partial charge in [-0.2, -0.15) is 0 Å². The van der Waals surface area contributed by atoms with E-state index in [1.807, 2.05) is 35.0 Å². The molecule has 2 aliphatic rings. The number of aromatic nitrogens is 2. The van der Waals surface area contributed by atoms with Gasteiger partial charge in [0.15, 0.2) is 0 Å². The van der Waals surface area contributed by atoms with E-state index in [2.05, 4.69) is 55.8 Å². The first kappa shape index (κ1) is 17.5. The molecule has 0 aliphatic heterocycles. The van der Waals surface area contributed by atoms with E-state index in [0.717, 1.165) is 30.6 Å². The number of rotatable bonds is 4. The summed E-state index contributed by atoms with van der Waals surface area (Å²) in [6, 6.07) is 20.7. The molecule has 28 heavy (non-hydrogen) atoms. The highest BCUT2D eigenvalue weighted by Crippen LogP contribution is 2.67. The number of nitrogens with zero attached hydrogens (tertiary/aromatic N) is 2. The van der Waals surface area contributed by atoms with E-state index in [-0.39, 0.29) is 16.4 Å². The van der Waals surface area contributed by atoms with Crippen LogP contribution in [-0.2, 0) is 18.4 Å². The summed E-state index contributed by atoms with van der Waals surface area (Å²) in [5.74, 6) is 0.368. The summed E-state index contributed by atoms with van der Waals surface area (Å²) in [6.45, 7) is 7.92. The average Bonchev–Trinajstić information content (AvgIpc) is 3.19. The van der Waals surface area contributed by atoms with Gasteiger partial charge in [-0.05, 0) is 48.3 Å². The van der Waals surface area contributed by atoms with E-state index in [9.17, 15) is 4.79 Å². The SMILES string of the molecule is CC1(C)C2CC[C@@]1(C)c1c2c(=O)n(-c2ccccc2)n1CCc1ccccc1. The standard InChI is InChI=1S/C25H28N2O/c1-24(2)20-14-16-25(24,3)22-21(20)23(28)27(19-12-8-5-9-13-19)26(22)17-15-18-10-6-4-7-11-18/h4-13,20H,14-17H2,1-3H3/t20?,25-/m0/s1. The lowest BCUT2D eigenvalue weighted by Crippen LogP contribution is -2.36. The van der Waals surface area contributed by atoms with Crippen LogP contribution in [0.4, 0.5) is 0 Å². The second kappa shape index (κ2) is 5.97. The van der Waals surface area contributed by atoms with Crippen LogP contribution in [-0.4, -0.2) is 9.36 Å². The van der Waals surface area contributed by atoms with Crippen molar-refractivity contribution in [3.8, 4) is 5.69 Å². The van der Waals surface area contributed by atoms with Crippen LogP contribution < -0.4 is 5.56 Å². The number of benzene rings is 2. The van der Waals surface area contributed by atoms with Crippen LogP contribution in [0.15, 0.2) is 65.5 Å². The maximum absolute atomic E-state index is 13.7. The smallest absolute Gasteiger partial charge is 0.275 e. The molecule has 1 unspecified atom stereocenters. The minimum atomic E-state index is 0.0584. The van der Waals surface area contributed by atoms with E-state index in [0.29, 0.717) is 5.92 Å². The summed E-state index contributed by atoms with van der Waals surface area (Å²) < 4.78 is 4.25. The maximum Gasteiger partial charge on any atom is 0.275 e. The second-order valence-electron chi connectivity index (χ2n) is 9.22. The average molecular weight is 373 g/mol. The third-order valence-electron chi connectivity index (χ3n) is 7.73. The van der Waals surface area contributed by atoms with Crippen LogP contribution in [0.2, 0.25) is 0 Å². The van der Waals surface area contributed by atoms with Gasteiger partial charge in [-0.25, -0.2) is 4.68 Å². The van der Waals surface area contributed by atoms with Crippen molar-refractivity contribution in [1.82, 2.24) is 9.36 Å². The molecular weight excluding hydrogens is 344 g/mol. The zero-order chi connectivity index (χ0) is 19.5. The van der Waals surface area contributed by atoms with Crippen LogP contribution in [0.3, 0.4) is 0 Å². The predicted octanol–water partition coefficient (Wildman–Crippen LogP) is 5.06. The van der Waals surface area contributed by atoms with Gasteiger partial charge in [0.1, 0.15) is 0 Å². The third kappa shape index (κ3) is 2.19. The molecule has 2 atom stereocenters. The largest absolute Gasteiger partial charge is 0.281 e. The van der Waals surface area contributed by atoms with Crippen LogP contribution in [0.1, 0.15) is 56.4 Å². The van der Waals surface area contributed by atoms with Gasteiger partial charge in [-0.3, -0.25) is 9.48 Å². The lowest BCUT2D eigenvalue weighted by Gasteiger charge is -2.36. The predicted molar refractivity (Wildman–Crippen MR) is 113 cm³/mol. The Morgan fingerprint density at radius 3 is 2.29 bits per heavy atom. The fraction of sp³-hybridized carbons (Fsp3) is 0.400. The summed E-state index contributed by atoms with van der Waals surface area (Å²) in [6.07, 6.45) is 3.22. The van der Waals surface area contributed by atoms with Crippen LogP contribution >= 0.6 is 0 Å². The highest BCUT2D eigenvalue weighted by atomic mass is 16.1. The Bertz CT molecular complexity index is 1070. The van der Waals surface area contributed by atoms with E-state index < -0.39 is 0 Å². The Kier molecular flexibility index (Phi) is 3.74. The van der Waals surface area contributed by atoms with Crippen LogP contribution in [0.5, 0.6) is 0 Å². The minimum absolute atomic E-state index is 0.0584. The first-order valence-electron chi connectivity index (χ1n) is 10.4. The fourth-order valence-electron chi connectivity index (χ4n) is 5.81. The summed E-state index contributed by atoms with van der Waals surface area (Å²) in [4.78, 5) is 13.7. The van der Waals surface area contributed by atoms with Gasteiger partial charge in [0.05, 0.1) is 11.4 Å². The first-order chi connectivity index (χ1) is 13.4. The molecule has 3 aromatic rings. The monoisotopic (exact) mass is 372 g/mol. The molecule has 3 heteroatoms.